The highest BCUT2D eigenvalue weighted by molar-refractivity contribution is 5.20. The Kier molecular flexibility index (Phi) is 8.28. The first-order valence-electron chi connectivity index (χ1n) is 9.25. The smallest absolute Gasteiger partial charge is 0.394 e. The van der Waals surface area contributed by atoms with Gasteiger partial charge in [-0.3, -0.25) is 0 Å². The summed E-state index contributed by atoms with van der Waals surface area (Å²) in [4.78, 5) is 0. The molecule has 27 heavy (non-hydrogen) atoms. The number of nitrogens with one attached hydrogen (secondary N) is 1. The molecule has 0 aliphatic carbocycles. The zero-order valence-electron chi connectivity index (χ0n) is 15.5. The van der Waals surface area contributed by atoms with Gasteiger partial charge in [-0.1, -0.05) is 80.4 Å². The normalized spacial score (nSPS) is 14.3. The molecule has 0 bridgehead atoms. The molecule has 0 radical (unpaired) electrons. The van der Waals surface area contributed by atoms with E-state index >= 15 is 0 Å². The Morgan fingerprint density at radius 2 is 1.59 bits per heavy atom. The molecule has 2 rings (SSSR count). The summed E-state index contributed by atoms with van der Waals surface area (Å²) in [5.74, 6) is 0. The predicted octanol–water partition coefficient (Wildman–Crippen LogP) is 4.85. The first-order chi connectivity index (χ1) is 13.0. The number of hydrogen-bond donors (Lipinski definition) is 2. The average Bonchev–Trinajstić information content (AvgIpc) is 2.66. The number of alkyl halides is 3. The van der Waals surface area contributed by atoms with E-state index in [2.05, 4.69) is 5.43 Å². The Balaban J connectivity index is 2.29. The molecule has 0 spiro atoms. The topological polar surface area (TPSA) is 35.5 Å². The van der Waals surface area contributed by atoms with E-state index < -0.39 is 18.3 Å². The second-order valence-electron chi connectivity index (χ2n) is 6.59. The van der Waals surface area contributed by atoms with Crippen molar-refractivity contribution in [2.75, 3.05) is 6.61 Å². The third kappa shape index (κ3) is 6.65. The summed E-state index contributed by atoms with van der Waals surface area (Å²) in [7, 11) is 0. The maximum Gasteiger partial charge on any atom is 0.405 e. The fourth-order valence-electron chi connectivity index (χ4n) is 2.99. The van der Waals surface area contributed by atoms with Gasteiger partial charge in [0.15, 0.2) is 0 Å². The lowest BCUT2D eigenvalue weighted by Gasteiger charge is -2.35. The minimum absolute atomic E-state index is 0.00176. The molecule has 0 heterocycles. The molecule has 0 saturated heterocycles. The molecule has 2 aromatic carbocycles. The second-order valence-corrected chi connectivity index (χ2v) is 6.59. The van der Waals surface area contributed by atoms with E-state index in [1.165, 1.54) is 5.01 Å². The van der Waals surface area contributed by atoms with Crippen molar-refractivity contribution < 1.29 is 18.3 Å². The van der Waals surface area contributed by atoms with Crippen LogP contribution in [0.1, 0.15) is 43.4 Å². The molecule has 0 fully saturated rings. The number of halogens is 3. The van der Waals surface area contributed by atoms with Crippen molar-refractivity contribution in [3.8, 4) is 0 Å². The molecule has 2 atom stereocenters. The Bertz CT molecular complexity index is 649. The second kappa shape index (κ2) is 10.4. The number of benzene rings is 2. The number of aliphatic hydroxyl groups excluding tert-OH is 1. The van der Waals surface area contributed by atoms with Gasteiger partial charge in [-0.15, -0.1) is 0 Å². The predicted molar refractivity (Wildman–Crippen MR) is 101 cm³/mol. The molecule has 0 unspecified atom stereocenters. The third-order valence-corrected chi connectivity index (χ3v) is 4.49. The molecule has 0 aromatic heterocycles. The van der Waals surface area contributed by atoms with Crippen molar-refractivity contribution in [2.45, 2.75) is 51.0 Å². The van der Waals surface area contributed by atoms with Gasteiger partial charge in [-0.2, -0.15) is 13.2 Å². The molecular weight excluding hydrogens is 353 g/mol. The number of unbranched alkanes of at least 4 members (excludes halogenated alkanes) is 1. The monoisotopic (exact) mass is 380 g/mol. The van der Waals surface area contributed by atoms with Gasteiger partial charge in [0.25, 0.3) is 0 Å². The number of aliphatic hydroxyl groups is 1. The van der Waals surface area contributed by atoms with E-state index in [1.54, 1.807) is 0 Å². The van der Waals surface area contributed by atoms with E-state index in [1.807, 2.05) is 67.6 Å². The van der Waals surface area contributed by atoms with Crippen LogP contribution in [0.2, 0.25) is 0 Å². The highest BCUT2D eigenvalue weighted by Gasteiger charge is 2.40. The van der Waals surface area contributed by atoms with Crippen LogP contribution in [-0.4, -0.2) is 28.9 Å². The summed E-state index contributed by atoms with van der Waals surface area (Å²) in [6.07, 6.45) is -3.19. The van der Waals surface area contributed by atoms with Crippen molar-refractivity contribution in [1.29, 1.82) is 0 Å². The van der Waals surface area contributed by atoms with Gasteiger partial charge < -0.3 is 5.11 Å². The molecule has 2 N–H and O–H groups in total. The fraction of sp³-hybridized carbons (Fsp3) is 0.429. The molecular formula is C21H27F3N2O. The number of hydrogen-bond acceptors (Lipinski definition) is 3. The Labute approximate surface area is 158 Å². The van der Waals surface area contributed by atoms with Gasteiger partial charge in [-0.05, 0) is 17.5 Å². The summed E-state index contributed by atoms with van der Waals surface area (Å²) in [5, 5.41) is 11.5. The van der Waals surface area contributed by atoms with E-state index in [-0.39, 0.29) is 19.6 Å². The highest BCUT2D eigenvalue weighted by Crippen LogP contribution is 2.27. The molecule has 2 aromatic rings. The van der Waals surface area contributed by atoms with Crippen LogP contribution in [0.15, 0.2) is 60.7 Å². The van der Waals surface area contributed by atoms with Gasteiger partial charge in [0.1, 0.15) is 6.04 Å². The average molecular weight is 380 g/mol. The summed E-state index contributed by atoms with van der Waals surface area (Å²) >= 11 is 0. The van der Waals surface area contributed by atoms with Crippen LogP contribution in [0.3, 0.4) is 0 Å². The summed E-state index contributed by atoms with van der Waals surface area (Å²) in [5.41, 5.74) is 4.31. The standard InChI is InChI=1S/C21H27F3N2O/c1-2-3-14-20(21(22,23)24)25-26(15-17-10-6-4-7-11-17)19(16-27)18-12-8-5-9-13-18/h4-13,19-20,25,27H,2-3,14-16H2,1H3/t19-,20+/m0/s1. The van der Waals surface area contributed by atoms with Gasteiger partial charge >= 0.3 is 6.18 Å². The lowest BCUT2D eigenvalue weighted by atomic mass is 10.1. The molecule has 148 valence electrons. The molecule has 6 heteroatoms. The highest BCUT2D eigenvalue weighted by atomic mass is 19.4. The van der Waals surface area contributed by atoms with E-state index in [9.17, 15) is 18.3 Å². The van der Waals surface area contributed by atoms with Crippen LogP contribution in [0, 0.1) is 0 Å². The SMILES string of the molecule is CCCC[C@@H](NN(Cc1ccccc1)[C@@H](CO)c1ccccc1)C(F)(F)F. The number of rotatable bonds is 10. The van der Waals surface area contributed by atoms with E-state index in [0.717, 1.165) is 11.1 Å². The van der Waals surface area contributed by atoms with Crippen LogP contribution in [-0.2, 0) is 6.54 Å². The molecule has 3 nitrogen and oxygen atoms in total. The van der Waals surface area contributed by atoms with Gasteiger partial charge in [-0.25, -0.2) is 10.4 Å². The lowest BCUT2D eigenvalue weighted by molar-refractivity contribution is -0.174. The zero-order valence-corrected chi connectivity index (χ0v) is 15.5. The minimum atomic E-state index is -4.36. The summed E-state index contributed by atoms with van der Waals surface area (Å²) in [6.45, 7) is 1.83. The maximum atomic E-state index is 13.6. The molecule has 0 aliphatic heterocycles. The Hall–Kier alpha value is -1.89. The lowest BCUT2D eigenvalue weighted by Crippen LogP contribution is -2.53. The van der Waals surface area contributed by atoms with Crippen molar-refractivity contribution >= 4 is 0 Å². The van der Waals surface area contributed by atoms with Crippen LogP contribution in [0.25, 0.3) is 0 Å². The van der Waals surface area contributed by atoms with Crippen molar-refractivity contribution in [3.63, 3.8) is 0 Å². The molecule has 0 amide bonds. The van der Waals surface area contributed by atoms with Crippen LogP contribution >= 0.6 is 0 Å². The maximum absolute atomic E-state index is 13.6. The number of nitrogens with zero attached hydrogens (tertiary/aromatic N) is 1. The summed E-state index contributed by atoms with van der Waals surface area (Å²) in [6, 6.07) is 16.2. The van der Waals surface area contributed by atoms with E-state index in [4.69, 9.17) is 0 Å². The van der Waals surface area contributed by atoms with Crippen molar-refractivity contribution in [1.82, 2.24) is 10.4 Å². The van der Waals surface area contributed by atoms with Gasteiger partial charge in [0.2, 0.25) is 0 Å². The van der Waals surface area contributed by atoms with Crippen LogP contribution in [0.4, 0.5) is 13.2 Å². The largest absolute Gasteiger partial charge is 0.405 e. The van der Waals surface area contributed by atoms with Gasteiger partial charge in [0.05, 0.1) is 12.6 Å². The molecule has 0 saturated carbocycles. The van der Waals surface area contributed by atoms with Gasteiger partial charge in [0, 0.05) is 6.54 Å². The van der Waals surface area contributed by atoms with Crippen molar-refractivity contribution in [3.05, 3.63) is 71.8 Å². The summed E-state index contributed by atoms with van der Waals surface area (Å²) < 4.78 is 40.7. The molecule has 0 aliphatic rings. The number of hydrazine groups is 1. The van der Waals surface area contributed by atoms with E-state index in [0.29, 0.717) is 12.8 Å². The third-order valence-electron chi connectivity index (χ3n) is 4.49. The Morgan fingerprint density at radius 3 is 2.11 bits per heavy atom. The zero-order chi connectivity index (χ0) is 19.7. The minimum Gasteiger partial charge on any atom is -0.394 e. The quantitative estimate of drug-likeness (QED) is 0.579. The van der Waals surface area contributed by atoms with Crippen molar-refractivity contribution in [2.24, 2.45) is 0 Å². The first-order valence-corrected chi connectivity index (χ1v) is 9.25. The van der Waals surface area contributed by atoms with Crippen LogP contribution < -0.4 is 5.43 Å². The first kappa shape index (κ1) is 21.4. The fourth-order valence-corrected chi connectivity index (χ4v) is 2.99. The Morgan fingerprint density at radius 1 is 1.00 bits per heavy atom. The van der Waals surface area contributed by atoms with Crippen LogP contribution in [0.5, 0.6) is 0 Å².